The highest BCUT2D eigenvalue weighted by atomic mass is 16.3. The van der Waals surface area contributed by atoms with Crippen LogP contribution in [0.3, 0.4) is 0 Å². The summed E-state index contributed by atoms with van der Waals surface area (Å²) in [4.78, 5) is 53.3. The van der Waals surface area contributed by atoms with Gasteiger partial charge in [-0.3, -0.25) is 29.0 Å². The maximum atomic E-state index is 13.2. The average Bonchev–Trinajstić information content (AvgIpc) is 3.53. The van der Waals surface area contributed by atoms with Crippen LogP contribution in [0.4, 0.5) is 11.4 Å². The highest BCUT2D eigenvalue weighted by molar-refractivity contribution is 6.09. The zero-order valence-corrected chi connectivity index (χ0v) is 17.1. The van der Waals surface area contributed by atoms with E-state index in [9.17, 15) is 19.2 Å². The number of rotatable bonds is 5. The first-order valence-electron chi connectivity index (χ1n) is 10.5. The normalized spacial score (nSPS) is 26.3. The van der Waals surface area contributed by atoms with Gasteiger partial charge in [0.15, 0.2) is 5.76 Å². The molecule has 0 spiro atoms. The molecular weight excluding hydrogens is 398 g/mol. The van der Waals surface area contributed by atoms with Crippen LogP contribution in [0.25, 0.3) is 0 Å². The van der Waals surface area contributed by atoms with Crippen LogP contribution < -0.4 is 10.2 Å². The van der Waals surface area contributed by atoms with Gasteiger partial charge in [0.25, 0.3) is 5.91 Å². The second-order valence-electron chi connectivity index (χ2n) is 8.57. The van der Waals surface area contributed by atoms with Gasteiger partial charge in [-0.15, -0.1) is 0 Å². The molecule has 3 aliphatic rings. The zero-order chi connectivity index (χ0) is 21.7. The van der Waals surface area contributed by atoms with Crippen molar-refractivity contribution in [2.45, 2.75) is 26.2 Å². The number of hydrogen-bond donors (Lipinski definition) is 1. The number of hydrogen-bond acceptors (Lipinski definition) is 5. The summed E-state index contributed by atoms with van der Waals surface area (Å²) in [7, 11) is 0. The van der Waals surface area contributed by atoms with Gasteiger partial charge in [-0.1, -0.05) is 0 Å². The molecule has 1 N–H and O–H groups in total. The number of imide groups is 1. The lowest BCUT2D eigenvalue weighted by atomic mass is 9.81. The Kier molecular flexibility index (Phi) is 4.64. The summed E-state index contributed by atoms with van der Waals surface area (Å²) in [5.74, 6) is -0.800. The number of amides is 4. The SMILES string of the molecule is CC(=O)Nc1ccc(N(CN2C(=O)[C@H]3[C@H]4CC[C@@H](C4)[C@@H]3C2=O)C(=O)c2ccco2)cc1. The van der Waals surface area contributed by atoms with Gasteiger partial charge >= 0.3 is 0 Å². The highest BCUT2D eigenvalue weighted by Crippen LogP contribution is 2.56. The van der Waals surface area contributed by atoms with E-state index >= 15 is 0 Å². The van der Waals surface area contributed by atoms with E-state index in [1.165, 1.54) is 23.0 Å². The fraction of sp³-hybridized carbons (Fsp3) is 0.391. The van der Waals surface area contributed by atoms with Gasteiger partial charge in [0.1, 0.15) is 6.67 Å². The Bertz CT molecular complexity index is 1020. The third kappa shape index (κ3) is 3.22. The van der Waals surface area contributed by atoms with E-state index in [-0.39, 0.29) is 53.8 Å². The maximum absolute atomic E-state index is 13.2. The zero-order valence-electron chi connectivity index (χ0n) is 17.1. The molecule has 2 aromatic rings. The summed E-state index contributed by atoms with van der Waals surface area (Å²) in [5, 5.41) is 2.68. The molecule has 8 heteroatoms. The lowest BCUT2D eigenvalue weighted by Crippen LogP contribution is -2.45. The first-order chi connectivity index (χ1) is 14.9. The lowest BCUT2D eigenvalue weighted by Gasteiger charge is -2.27. The van der Waals surface area contributed by atoms with Crippen molar-refractivity contribution in [3.05, 3.63) is 48.4 Å². The predicted octanol–water partition coefficient (Wildman–Crippen LogP) is 2.87. The second kappa shape index (κ2) is 7.37. The molecule has 1 aromatic carbocycles. The summed E-state index contributed by atoms with van der Waals surface area (Å²) >= 11 is 0. The van der Waals surface area contributed by atoms with Crippen LogP contribution in [0.2, 0.25) is 0 Å². The number of anilines is 2. The largest absolute Gasteiger partial charge is 0.459 e. The Morgan fingerprint density at radius 2 is 1.71 bits per heavy atom. The molecule has 1 aliphatic heterocycles. The van der Waals surface area contributed by atoms with Crippen molar-refractivity contribution in [1.82, 2.24) is 4.90 Å². The van der Waals surface area contributed by atoms with Gasteiger partial charge in [-0.2, -0.15) is 0 Å². The predicted molar refractivity (Wildman–Crippen MR) is 111 cm³/mol. The van der Waals surface area contributed by atoms with Crippen molar-refractivity contribution in [2.24, 2.45) is 23.7 Å². The van der Waals surface area contributed by atoms with Gasteiger partial charge in [-0.05, 0) is 67.5 Å². The van der Waals surface area contributed by atoms with Gasteiger partial charge < -0.3 is 9.73 Å². The topological polar surface area (TPSA) is 99.9 Å². The van der Waals surface area contributed by atoms with Crippen molar-refractivity contribution < 1.29 is 23.6 Å². The highest BCUT2D eigenvalue weighted by Gasteiger charge is 2.61. The molecule has 31 heavy (non-hydrogen) atoms. The molecule has 0 radical (unpaired) electrons. The minimum absolute atomic E-state index is 0.116. The Labute approximate surface area is 179 Å². The van der Waals surface area contributed by atoms with E-state index in [2.05, 4.69) is 5.32 Å². The molecule has 5 rings (SSSR count). The van der Waals surface area contributed by atoms with Crippen LogP contribution >= 0.6 is 0 Å². The second-order valence-corrected chi connectivity index (χ2v) is 8.57. The summed E-state index contributed by atoms with van der Waals surface area (Å²) in [6.07, 6.45) is 4.36. The van der Waals surface area contributed by atoms with Crippen LogP contribution in [0.15, 0.2) is 47.1 Å². The summed E-state index contributed by atoms with van der Waals surface area (Å²) < 4.78 is 5.27. The molecule has 2 saturated carbocycles. The summed E-state index contributed by atoms with van der Waals surface area (Å²) in [6.45, 7) is 1.25. The molecule has 8 nitrogen and oxygen atoms in total. The Hall–Kier alpha value is -3.42. The molecule has 0 unspecified atom stereocenters. The van der Waals surface area contributed by atoms with Crippen molar-refractivity contribution in [1.29, 1.82) is 0 Å². The van der Waals surface area contributed by atoms with Crippen LogP contribution in [0.1, 0.15) is 36.7 Å². The van der Waals surface area contributed by atoms with Crippen LogP contribution in [0.5, 0.6) is 0 Å². The van der Waals surface area contributed by atoms with Crippen molar-refractivity contribution in [2.75, 3.05) is 16.9 Å². The van der Waals surface area contributed by atoms with E-state index in [0.717, 1.165) is 19.3 Å². The van der Waals surface area contributed by atoms with Crippen molar-refractivity contribution in [3.63, 3.8) is 0 Å². The number of furan rings is 1. The Morgan fingerprint density at radius 1 is 1.06 bits per heavy atom. The van der Waals surface area contributed by atoms with Gasteiger partial charge in [0, 0.05) is 18.3 Å². The number of likely N-dealkylation sites (tertiary alicyclic amines) is 1. The molecular formula is C23H23N3O5. The fourth-order valence-electron chi connectivity index (χ4n) is 5.48. The van der Waals surface area contributed by atoms with Crippen molar-refractivity contribution in [3.8, 4) is 0 Å². The first kappa shape index (κ1) is 19.5. The standard InChI is InChI=1S/C23H23N3O5/c1-13(27)24-16-6-8-17(9-7-16)25(21(28)18-3-2-10-31-18)12-26-22(29)19-14-4-5-15(11-14)20(19)23(26)30/h2-3,6-10,14-15,19-20H,4-5,11-12H2,1H3,(H,24,27)/t14-,15-,19-,20-/m0/s1. The number of fused-ring (bicyclic) bond motifs is 5. The fourth-order valence-corrected chi connectivity index (χ4v) is 5.48. The van der Waals surface area contributed by atoms with Gasteiger partial charge in [-0.25, -0.2) is 0 Å². The van der Waals surface area contributed by atoms with Gasteiger partial charge in [0.05, 0.1) is 18.1 Å². The van der Waals surface area contributed by atoms with Crippen LogP contribution in [0, 0.1) is 23.7 Å². The van der Waals surface area contributed by atoms with E-state index in [1.54, 1.807) is 36.4 Å². The Balaban J connectivity index is 1.44. The van der Waals surface area contributed by atoms with E-state index < -0.39 is 5.91 Å². The molecule has 4 atom stereocenters. The molecule has 2 aliphatic carbocycles. The minimum atomic E-state index is -0.446. The summed E-state index contributed by atoms with van der Waals surface area (Å²) in [5.41, 5.74) is 1.08. The van der Waals surface area contributed by atoms with E-state index in [1.807, 2.05) is 0 Å². The molecule has 3 fully saturated rings. The third-order valence-electron chi connectivity index (χ3n) is 6.78. The number of nitrogens with one attached hydrogen (secondary N) is 1. The first-order valence-corrected chi connectivity index (χ1v) is 10.5. The molecule has 2 bridgehead atoms. The van der Waals surface area contributed by atoms with Gasteiger partial charge in [0.2, 0.25) is 17.7 Å². The minimum Gasteiger partial charge on any atom is -0.459 e. The lowest BCUT2D eigenvalue weighted by molar-refractivity contribution is -0.140. The average molecular weight is 421 g/mol. The number of benzene rings is 1. The number of nitrogens with zero attached hydrogens (tertiary/aromatic N) is 2. The Morgan fingerprint density at radius 3 is 2.26 bits per heavy atom. The molecule has 1 saturated heterocycles. The van der Waals surface area contributed by atoms with Crippen molar-refractivity contribution >= 4 is 35.0 Å². The molecule has 2 heterocycles. The smallest absolute Gasteiger partial charge is 0.295 e. The molecule has 1 aromatic heterocycles. The maximum Gasteiger partial charge on any atom is 0.295 e. The summed E-state index contributed by atoms with van der Waals surface area (Å²) in [6, 6.07) is 9.83. The quantitative estimate of drug-likeness (QED) is 0.749. The van der Waals surface area contributed by atoms with E-state index in [4.69, 9.17) is 4.42 Å². The molecule has 4 amide bonds. The monoisotopic (exact) mass is 421 g/mol. The third-order valence-corrected chi connectivity index (χ3v) is 6.78. The number of carbonyl (C=O) groups is 4. The van der Waals surface area contributed by atoms with Crippen LogP contribution in [-0.4, -0.2) is 35.2 Å². The van der Waals surface area contributed by atoms with E-state index in [0.29, 0.717) is 11.4 Å². The molecule has 160 valence electrons. The number of carbonyl (C=O) groups excluding carboxylic acids is 4. The van der Waals surface area contributed by atoms with Crippen LogP contribution in [-0.2, 0) is 14.4 Å².